The molecular formula is C18H18N2O2. The van der Waals surface area contributed by atoms with Crippen LogP contribution in [0.4, 0.5) is 0 Å². The number of ether oxygens (including phenoxy) is 2. The van der Waals surface area contributed by atoms with E-state index < -0.39 is 0 Å². The van der Waals surface area contributed by atoms with Crippen LogP contribution in [-0.4, -0.2) is 23.8 Å². The second kappa shape index (κ2) is 6.56. The van der Waals surface area contributed by atoms with Crippen LogP contribution in [0.3, 0.4) is 0 Å². The van der Waals surface area contributed by atoms with Gasteiger partial charge in [0.05, 0.1) is 12.0 Å². The lowest BCUT2D eigenvalue weighted by molar-refractivity contribution is -0.105. The molecule has 0 fully saturated rings. The van der Waals surface area contributed by atoms with E-state index >= 15 is 0 Å². The number of methoxy groups -OCH3 is 2. The van der Waals surface area contributed by atoms with Crippen LogP contribution in [0.15, 0.2) is 67.3 Å². The lowest BCUT2D eigenvalue weighted by Crippen LogP contribution is -2.05. The summed E-state index contributed by atoms with van der Waals surface area (Å²) in [5, 5.41) is 0. The van der Waals surface area contributed by atoms with Crippen molar-refractivity contribution in [3.05, 3.63) is 72.8 Å². The van der Waals surface area contributed by atoms with Gasteiger partial charge >= 0.3 is 0 Å². The minimum Gasteiger partial charge on any atom is -0.352 e. The molecule has 4 heteroatoms. The predicted molar refractivity (Wildman–Crippen MR) is 85.8 cm³/mol. The second-order valence-corrected chi connectivity index (χ2v) is 4.92. The van der Waals surface area contributed by atoms with Crippen LogP contribution < -0.4 is 0 Å². The van der Waals surface area contributed by atoms with Crippen molar-refractivity contribution in [3.8, 4) is 16.8 Å². The normalized spacial score (nSPS) is 11.0. The van der Waals surface area contributed by atoms with Gasteiger partial charge in [0.1, 0.15) is 0 Å². The van der Waals surface area contributed by atoms with Gasteiger partial charge in [-0.3, -0.25) is 0 Å². The summed E-state index contributed by atoms with van der Waals surface area (Å²) in [5.74, 6) is 0. The molecule has 22 heavy (non-hydrogen) atoms. The van der Waals surface area contributed by atoms with Gasteiger partial charge in [-0.15, -0.1) is 0 Å². The molecule has 4 nitrogen and oxygen atoms in total. The van der Waals surface area contributed by atoms with Crippen molar-refractivity contribution in [2.45, 2.75) is 6.29 Å². The maximum atomic E-state index is 5.37. The molecule has 1 aromatic heterocycles. The fourth-order valence-electron chi connectivity index (χ4n) is 2.54. The summed E-state index contributed by atoms with van der Waals surface area (Å²) < 4.78 is 12.7. The Hall–Kier alpha value is -2.43. The minimum atomic E-state index is -0.376. The van der Waals surface area contributed by atoms with E-state index in [1.165, 1.54) is 0 Å². The zero-order valence-electron chi connectivity index (χ0n) is 12.6. The van der Waals surface area contributed by atoms with E-state index in [1.54, 1.807) is 26.7 Å². The molecule has 0 radical (unpaired) electrons. The summed E-state index contributed by atoms with van der Waals surface area (Å²) in [6.07, 6.45) is 5.13. The minimum absolute atomic E-state index is 0.376. The Morgan fingerprint density at radius 3 is 2.41 bits per heavy atom. The number of imidazole rings is 1. The molecule has 1 heterocycles. The first-order chi connectivity index (χ1) is 10.8. The van der Waals surface area contributed by atoms with Crippen LogP contribution >= 0.6 is 0 Å². The Labute approximate surface area is 130 Å². The molecule has 0 aliphatic rings. The highest BCUT2D eigenvalue weighted by Crippen LogP contribution is 2.30. The van der Waals surface area contributed by atoms with Crippen LogP contribution in [0.2, 0.25) is 0 Å². The van der Waals surface area contributed by atoms with Crippen molar-refractivity contribution in [3.63, 3.8) is 0 Å². The van der Waals surface area contributed by atoms with Crippen molar-refractivity contribution in [1.82, 2.24) is 9.55 Å². The van der Waals surface area contributed by atoms with Crippen molar-refractivity contribution < 1.29 is 9.47 Å². The van der Waals surface area contributed by atoms with E-state index in [4.69, 9.17) is 9.47 Å². The second-order valence-electron chi connectivity index (χ2n) is 4.92. The largest absolute Gasteiger partial charge is 0.352 e. The third kappa shape index (κ3) is 2.79. The highest BCUT2D eigenvalue weighted by atomic mass is 16.7. The van der Waals surface area contributed by atoms with E-state index in [9.17, 15) is 0 Å². The number of aromatic nitrogens is 2. The number of nitrogens with zero attached hydrogens (tertiary/aromatic N) is 2. The molecule has 0 bridgehead atoms. The van der Waals surface area contributed by atoms with Gasteiger partial charge < -0.3 is 14.0 Å². The third-order valence-corrected chi connectivity index (χ3v) is 3.59. The topological polar surface area (TPSA) is 36.3 Å². The summed E-state index contributed by atoms with van der Waals surface area (Å²) >= 11 is 0. The zero-order chi connectivity index (χ0) is 15.4. The fraction of sp³-hybridized carbons (Fsp3) is 0.167. The van der Waals surface area contributed by atoms with Gasteiger partial charge in [0, 0.05) is 37.7 Å². The summed E-state index contributed by atoms with van der Waals surface area (Å²) in [5.41, 5.74) is 4.29. The molecule has 0 N–H and O–H groups in total. The highest BCUT2D eigenvalue weighted by molar-refractivity contribution is 5.73. The van der Waals surface area contributed by atoms with Crippen LogP contribution in [0.25, 0.3) is 16.8 Å². The first-order valence-electron chi connectivity index (χ1n) is 7.07. The van der Waals surface area contributed by atoms with E-state index in [-0.39, 0.29) is 6.29 Å². The zero-order valence-corrected chi connectivity index (χ0v) is 12.6. The molecular weight excluding hydrogens is 276 g/mol. The van der Waals surface area contributed by atoms with Gasteiger partial charge in [-0.05, 0) is 17.7 Å². The van der Waals surface area contributed by atoms with Crippen molar-refractivity contribution in [1.29, 1.82) is 0 Å². The van der Waals surface area contributed by atoms with Gasteiger partial charge in [-0.1, -0.05) is 36.4 Å². The third-order valence-electron chi connectivity index (χ3n) is 3.59. The van der Waals surface area contributed by atoms with Crippen LogP contribution in [0.1, 0.15) is 11.9 Å². The van der Waals surface area contributed by atoms with E-state index in [0.717, 1.165) is 22.4 Å². The number of hydrogen-bond donors (Lipinski definition) is 0. The van der Waals surface area contributed by atoms with Gasteiger partial charge in [0.2, 0.25) is 0 Å². The van der Waals surface area contributed by atoms with E-state index in [1.807, 2.05) is 35.0 Å². The molecule has 0 saturated heterocycles. The Morgan fingerprint density at radius 1 is 1.00 bits per heavy atom. The summed E-state index contributed by atoms with van der Waals surface area (Å²) in [6.45, 7) is 0. The van der Waals surface area contributed by atoms with Crippen molar-refractivity contribution in [2.75, 3.05) is 14.2 Å². The SMILES string of the molecule is COC(OC)c1ccc(-n2ccnc2)c(-c2ccccc2)c1. The molecule has 0 saturated carbocycles. The van der Waals surface area contributed by atoms with Crippen LogP contribution in [-0.2, 0) is 9.47 Å². The van der Waals surface area contributed by atoms with Gasteiger partial charge in [0.25, 0.3) is 0 Å². The molecule has 0 atom stereocenters. The molecule has 112 valence electrons. The molecule has 0 spiro atoms. The Balaban J connectivity index is 2.15. The molecule has 0 unspecified atom stereocenters. The van der Waals surface area contributed by atoms with Gasteiger partial charge in [-0.25, -0.2) is 4.98 Å². The Morgan fingerprint density at radius 2 is 1.77 bits per heavy atom. The quantitative estimate of drug-likeness (QED) is 0.671. The van der Waals surface area contributed by atoms with E-state index in [2.05, 4.69) is 29.2 Å². The van der Waals surface area contributed by atoms with Gasteiger partial charge in [0.15, 0.2) is 6.29 Å². The monoisotopic (exact) mass is 294 g/mol. The van der Waals surface area contributed by atoms with Crippen LogP contribution in [0, 0.1) is 0 Å². The first kappa shape index (κ1) is 14.5. The summed E-state index contributed by atoms with van der Waals surface area (Å²) in [4.78, 5) is 4.14. The maximum absolute atomic E-state index is 5.37. The van der Waals surface area contributed by atoms with E-state index in [0.29, 0.717) is 0 Å². The van der Waals surface area contributed by atoms with Crippen LogP contribution in [0.5, 0.6) is 0 Å². The molecule has 0 aliphatic carbocycles. The number of rotatable bonds is 5. The highest BCUT2D eigenvalue weighted by Gasteiger charge is 2.13. The van der Waals surface area contributed by atoms with Gasteiger partial charge in [-0.2, -0.15) is 0 Å². The number of benzene rings is 2. The number of hydrogen-bond acceptors (Lipinski definition) is 3. The molecule has 2 aromatic carbocycles. The van der Waals surface area contributed by atoms with Crippen molar-refractivity contribution in [2.24, 2.45) is 0 Å². The average molecular weight is 294 g/mol. The standard InChI is InChI=1S/C18H18N2O2/c1-21-18(22-2)15-8-9-17(20-11-10-19-13-20)16(12-15)14-6-4-3-5-7-14/h3-13,18H,1-2H3. The molecule has 0 aliphatic heterocycles. The molecule has 0 amide bonds. The Bertz CT molecular complexity index is 720. The average Bonchev–Trinajstić information content (AvgIpc) is 3.11. The first-order valence-corrected chi connectivity index (χ1v) is 7.07. The predicted octanol–water partition coefficient (Wildman–Crippen LogP) is 3.83. The maximum Gasteiger partial charge on any atom is 0.183 e. The van der Waals surface area contributed by atoms with Crippen molar-refractivity contribution >= 4 is 0 Å². The summed E-state index contributed by atoms with van der Waals surface area (Å²) in [6, 6.07) is 16.4. The lowest BCUT2D eigenvalue weighted by Gasteiger charge is -2.17. The lowest BCUT2D eigenvalue weighted by atomic mass is 10.0. The molecule has 3 rings (SSSR count). The Kier molecular flexibility index (Phi) is 4.32. The summed E-state index contributed by atoms with van der Waals surface area (Å²) in [7, 11) is 3.28. The molecule has 3 aromatic rings. The fourth-order valence-corrected chi connectivity index (χ4v) is 2.54. The smallest absolute Gasteiger partial charge is 0.183 e.